The molecule has 0 unspecified atom stereocenters. The number of nitrogens with one attached hydrogen (secondary N) is 1. The van der Waals surface area contributed by atoms with Gasteiger partial charge < -0.3 is 20.5 Å². The van der Waals surface area contributed by atoms with E-state index >= 15 is 0 Å². The van der Waals surface area contributed by atoms with Crippen LogP contribution in [0.3, 0.4) is 0 Å². The molecule has 0 radical (unpaired) electrons. The Labute approximate surface area is 125 Å². The van der Waals surface area contributed by atoms with Crippen molar-refractivity contribution in [3.05, 3.63) is 29.3 Å². The lowest BCUT2D eigenvalue weighted by atomic mass is 10.1. The lowest BCUT2D eigenvalue weighted by Crippen LogP contribution is -2.41. The largest absolute Gasteiger partial charge is 0.483 e. The molecule has 1 fully saturated rings. The maximum absolute atomic E-state index is 11.9. The first-order valence-electron chi connectivity index (χ1n) is 7.42. The van der Waals surface area contributed by atoms with Crippen molar-refractivity contribution >= 4 is 5.91 Å². The standard InChI is InChI=1S/C16H24N2O3/c1-11-3-4-15(14(9-11)12(2)17)21-10-16(19)18-13-5-7-20-8-6-13/h3-4,9,12-13H,5-8,10,17H2,1-2H3,(H,18,19)/t12-/m1/s1. The summed E-state index contributed by atoms with van der Waals surface area (Å²) in [5, 5.41) is 2.97. The Bertz CT molecular complexity index is 482. The van der Waals surface area contributed by atoms with Gasteiger partial charge in [-0.05, 0) is 32.8 Å². The van der Waals surface area contributed by atoms with Crippen LogP contribution in [0, 0.1) is 6.92 Å². The number of hydrogen-bond acceptors (Lipinski definition) is 4. The normalized spacial score (nSPS) is 17.3. The van der Waals surface area contributed by atoms with Crippen LogP contribution < -0.4 is 15.8 Å². The Kier molecular flexibility index (Phi) is 5.59. The molecule has 0 saturated carbocycles. The minimum Gasteiger partial charge on any atom is -0.483 e. The third-order valence-electron chi connectivity index (χ3n) is 3.60. The van der Waals surface area contributed by atoms with Crippen LogP contribution >= 0.6 is 0 Å². The van der Waals surface area contributed by atoms with Gasteiger partial charge in [-0.15, -0.1) is 0 Å². The van der Waals surface area contributed by atoms with E-state index in [1.807, 2.05) is 32.0 Å². The van der Waals surface area contributed by atoms with Crippen LogP contribution in [0.2, 0.25) is 0 Å². The van der Waals surface area contributed by atoms with Gasteiger partial charge in [0, 0.05) is 30.9 Å². The Balaban J connectivity index is 1.88. The van der Waals surface area contributed by atoms with Crippen LogP contribution in [0.25, 0.3) is 0 Å². The SMILES string of the molecule is Cc1ccc(OCC(=O)NC2CCOCC2)c([C@@H](C)N)c1. The number of carbonyl (C=O) groups is 1. The maximum atomic E-state index is 11.9. The second kappa shape index (κ2) is 7.43. The fraction of sp³-hybridized carbons (Fsp3) is 0.562. The molecule has 0 aromatic heterocycles. The van der Waals surface area contributed by atoms with Gasteiger partial charge >= 0.3 is 0 Å². The first-order valence-corrected chi connectivity index (χ1v) is 7.42. The molecular weight excluding hydrogens is 268 g/mol. The topological polar surface area (TPSA) is 73.6 Å². The van der Waals surface area contributed by atoms with Gasteiger partial charge in [0.25, 0.3) is 5.91 Å². The minimum atomic E-state index is -0.126. The van der Waals surface area contributed by atoms with Crippen molar-refractivity contribution in [2.24, 2.45) is 5.73 Å². The van der Waals surface area contributed by atoms with Crippen LogP contribution in [-0.4, -0.2) is 31.8 Å². The average Bonchev–Trinajstić information content (AvgIpc) is 2.47. The minimum absolute atomic E-state index is 0.0140. The first kappa shape index (κ1) is 15.8. The van der Waals surface area contributed by atoms with E-state index in [9.17, 15) is 4.79 Å². The second-order valence-electron chi connectivity index (χ2n) is 5.57. The highest BCUT2D eigenvalue weighted by atomic mass is 16.5. The van der Waals surface area contributed by atoms with Crippen molar-refractivity contribution in [1.82, 2.24) is 5.32 Å². The summed E-state index contributed by atoms with van der Waals surface area (Å²) in [6, 6.07) is 5.89. The quantitative estimate of drug-likeness (QED) is 0.866. The molecule has 5 nitrogen and oxygen atoms in total. The van der Waals surface area contributed by atoms with E-state index in [2.05, 4.69) is 5.32 Å². The summed E-state index contributed by atoms with van der Waals surface area (Å²) < 4.78 is 10.9. The summed E-state index contributed by atoms with van der Waals surface area (Å²) in [5.41, 5.74) is 8.00. The maximum Gasteiger partial charge on any atom is 0.258 e. The van der Waals surface area contributed by atoms with Crippen LogP contribution in [0.4, 0.5) is 0 Å². The van der Waals surface area contributed by atoms with Crippen molar-refractivity contribution in [1.29, 1.82) is 0 Å². The van der Waals surface area contributed by atoms with Crippen molar-refractivity contribution < 1.29 is 14.3 Å². The number of nitrogens with two attached hydrogens (primary N) is 1. The second-order valence-corrected chi connectivity index (χ2v) is 5.57. The summed E-state index contributed by atoms with van der Waals surface area (Å²) in [4.78, 5) is 11.9. The smallest absolute Gasteiger partial charge is 0.258 e. The van der Waals surface area contributed by atoms with Gasteiger partial charge in [0.1, 0.15) is 5.75 Å². The molecule has 1 heterocycles. The van der Waals surface area contributed by atoms with Gasteiger partial charge in [0.2, 0.25) is 0 Å². The molecule has 116 valence electrons. The van der Waals surface area contributed by atoms with Gasteiger partial charge in [-0.1, -0.05) is 17.7 Å². The van der Waals surface area contributed by atoms with Gasteiger partial charge in [0.15, 0.2) is 6.61 Å². The van der Waals surface area contributed by atoms with E-state index in [0.29, 0.717) is 19.0 Å². The molecule has 3 N–H and O–H groups in total. The zero-order valence-electron chi connectivity index (χ0n) is 12.7. The van der Waals surface area contributed by atoms with Crippen molar-refractivity contribution in [2.75, 3.05) is 19.8 Å². The number of hydrogen-bond donors (Lipinski definition) is 2. The molecule has 1 aromatic rings. The summed E-state index contributed by atoms with van der Waals surface area (Å²) in [5.74, 6) is 0.579. The molecule has 21 heavy (non-hydrogen) atoms. The number of carbonyl (C=O) groups excluding carboxylic acids is 1. The van der Waals surface area contributed by atoms with E-state index in [4.69, 9.17) is 15.2 Å². The Hall–Kier alpha value is -1.59. The summed E-state index contributed by atoms with van der Waals surface area (Å²) in [6.07, 6.45) is 1.72. The Morgan fingerprint density at radius 3 is 2.86 bits per heavy atom. The van der Waals surface area contributed by atoms with E-state index in [-0.39, 0.29) is 24.6 Å². The predicted molar refractivity (Wildman–Crippen MR) is 81.3 cm³/mol. The number of aryl methyl sites for hydroxylation is 1. The van der Waals surface area contributed by atoms with E-state index < -0.39 is 0 Å². The molecule has 1 amide bonds. The molecule has 1 aliphatic rings. The predicted octanol–water partition coefficient (Wildman–Crippen LogP) is 1.69. The number of amides is 1. The van der Waals surface area contributed by atoms with Gasteiger partial charge in [0.05, 0.1) is 0 Å². The molecule has 0 spiro atoms. The van der Waals surface area contributed by atoms with Crippen LogP contribution in [0.1, 0.15) is 36.9 Å². The summed E-state index contributed by atoms with van der Waals surface area (Å²) in [7, 11) is 0. The van der Waals surface area contributed by atoms with Gasteiger partial charge in [-0.3, -0.25) is 4.79 Å². The third kappa shape index (κ3) is 4.72. The van der Waals surface area contributed by atoms with E-state index in [0.717, 1.165) is 24.0 Å². The van der Waals surface area contributed by atoms with Crippen molar-refractivity contribution in [2.45, 2.75) is 38.8 Å². The number of rotatable bonds is 5. The molecule has 0 aliphatic carbocycles. The lowest BCUT2D eigenvalue weighted by molar-refractivity contribution is -0.124. The molecule has 1 atom stereocenters. The van der Waals surface area contributed by atoms with Gasteiger partial charge in [-0.25, -0.2) is 0 Å². The van der Waals surface area contributed by atoms with E-state index in [1.54, 1.807) is 0 Å². The molecular formula is C16H24N2O3. The monoisotopic (exact) mass is 292 g/mol. The van der Waals surface area contributed by atoms with Crippen LogP contribution in [-0.2, 0) is 9.53 Å². The zero-order valence-corrected chi connectivity index (χ0v) is 12.7. The highest BCUT2D eigenvalue weighted by Gasteiger charge is 2.17. The van der Waals surface area contributed by atoms with E-state index in [1.165, 1.54) is 0 Å². The Morgan fingerprint density at radius 1 is 1.48 bits per heavy atom. The summed E-state index contributed by atoms with van der Waals surface area (Å²) in [6.45, 7) is 5.34. The summed E-state index contributed by atoms with van der Waals surface area (Å²) >= 11 is 0. The molecule has 0 bridgehead atoms. The molecule has 2 rings (SSSR count). The fourth-order valence-corrected chi connectivity index (χ4v) is 2.41. The molecule has 1 aromatic carbocycles. The average molecular weight is 292 g/mol. The zero-order chi connectivity index (χ0) is 15.2. The fourth-order valence-electron chi connectivity index (χ4n) is 2.41. The molecule has 1 aliphatic heterocycles. The number of benzene rings is 1. The third-order valence-corrected chi connectivity index (χ3v) is 3.60. The number of ether oxygens (including phenoxy) is 2. The Morgan fingerprint density at radius 2 is 2.19 bits per heavy atom. The highest BCUT2D eigenvalue weighted by molar-refractivity contribution is 5.77. The molecule has 5 heteroatoms. The molecule has 1 saturated heterocycles. The van der Waals surface area contributed by atoms with Gasteiger partial charge in [-0.2, -0.15) is 0 Å². The van der Waals surface area contributed by atoms with Crippen molar-refractivity contribution in [3.8, 4) is 5.75 Å². The van der Waals surface area contributed by atoms with Crippen LogP contribution in [0.5, 0.6) is 5.75 Å². The highest BCUT2D eigenvalue weighted by Crippen LogP contribution is 2.24. The lowest BCUT2D eigenvalue weighted by Gasteiger charge is -2.23. The van der Waals surface area contributed by atoms with Crippen molar-refractivity contribution in [3.63, 3.8) is 0 Å². The van der Waals surface area contributed by atoms with Crippen LogP contribution in [0.15, 0.2) is 18.2 Å². The first-order chi connectivity index (χ1) is 10.1.